The topological polar surface area (TPSA) is 112 Å². The SMILES string of the molecule is O=C1C2C(c3nccs3)NC(Cc3ccccc3)(C(=O)O)C2C(=O)N1CCc1ccccn1. The number of rotatable bonds is 7. The van der Waals surface area contributed by atoms with Gasteiger partial charge in [0.25, 0.3) is 0 Å². The highest BCUT2D eigenvalue weighted by Crippen LogP contribution is 2.50. The van der Waals surface area contributed by atoms with Gasteiger partial charge >= 0.3 is 5.97 Å². The average molecular weight is 463 g/mol. The maximum atomic E-state index is 13.6. The van der Waals surface area contributed by atoms with Crippen LogP contribution in [0, 0.1) is 11.8 Å². The number of nitrogens with zero attached hydrogens (tertiary/aromatic N) is 3. The first-order chi connectivity index (χ1) is 16.0. The summed E-state index contributed by atoms with van der Waals surface area (Å²) in [6, 6.07) is 14.0. The van der Waals surface area contributed by atoms with Crippen LogP contribution in [0.15, 0.2) is 66.3 Å². The second-order valence-corrected chi connectivity index (χ2v) is 9.26. The monoisotopic (exact) mass is 462 g/mol. The summed E-state index contributed by atoms with van der Waals surface area (Å²) in [5, 5.41) is 16.0. The fraction of sp³-hybridized carbons (Fsp3) is 0.292. The van der Waals surface area contributed by atoms with Gasteiger partial charge in [-0.3, -0.25) is 29.6 Å². The van der Waals surface area contributed by atoms with Crippen molar-refractivity contribution in [2.75, 3.05) is 6.54 Å². The summed E-state index contributed by atoms with van der Waals surface area (Å²) in [5.74, 6) is -3.81. The second kappa shape index (κ2) is 8.49. The van der Waals surface area contributed by atoms with E-state index >= 15 is 0 Å². The summed E-state index contributed by atoms with van der Waals surface area (Å²) >= 11 is 1.34. The molecule has 9 heteroatoms. The number of carbonyl (C=O) groups is 3. The maximum absolute atomic E-state index is 13.6. The van der Waals surface area contributed by atoms with Gasteiger partial charge in [-0.2, -0.15) is 0 Å². The number of amides is 2. The Morgan fingerprint density at radius 2 is 1.85 bits per heavy atom. The quantitative estimate of drug-likeness (QED) is 0.517. The number of hydrogen-bond acceptors (Lipinski definition) is 7. The van der Waals surface area contributed by atoms with Crippen molar-refractivity contribution in [1.29, 1.82) is 0 Å². The van der Waals surface area contributed by atoms with E-state index in [0.717, 1.165) is 11.3 Å². The number of benzene rings is 1. The molecule has 2 amide bonds. The number of likely N-dealkylation sites (tertiary alicyclic amines) is 1. The molecule has 0 aliphatic carbocycles. The van der Waals surface area contributed by atoms with Crippen LogP contribution in [0.1, 0.15) is 22.3 Å². The highest BCUT2D eigenvalue weighted by Gasteiger charge is 2.68. The number of carboxylic acids is 1. The summed E-state index contributed by atoms with van der Waals surface area (Å²) in [4.78, 5) is 49.7. The Morgan fingerprint density at radius 3 is 2.52 bits per heavy atom. The Bertz CT molecular complexity index is 1170. The molecule has 1 aromatic carbocycles. The molecule has 2 aromatic heterocycles. The molecule has 2 fully saturated rings. The van der Waals surface area contributed by atoms with E-state index in [-0.39, 0.29) is 18.9 Å². The Labute approximate surface area is 194 Å². The lowest BCUT2D eigenvalue weighted by atomic mass is 9.76. The molecule has 4 atom stereocenters. The number of aromatic nitrogens is 2. The highest BCUT2D eigenvalue weighted by atomic mass is 32.1. The fourth-order valence-electron chi connectivity index (χ4n) is 5.01. The van der Waals surface area contributed by atoms with Gasteiger partial charge < -0.3 is 5.11 Å². The van der Waals surface area contributed by atoms with Crippen molar-refractivity contribution in [3.63, 3.8) is 0 Å². The molecule has 0 spiro atoms. The molecule has 0 bridgehead atoms. The predicted molar refractivity (Wildman–Crippen MR) is 120 cm³/mol. The van der Waals surface area contributed by atoms with Gasteiger partial charge in [-0.15, -0.1) is 11.3 Å². The Kier molecular flexibility index (Phi) is 5.51. The van der Waals surface area contributed by atoms with Gasteiger partial charge in [0.15, 0.2) is 0 Å². The molecule has 2 aliphatic rings. The summed E-state index contributed by atoms with van der Waals surface area (Å²) < 4.78 is 0. The molecule has 3 aromatic rings. The van der Waals surface area contributed by atoms with Crippen molar-refractivity contribution < 1.29 is 19.5 Å². The maximum Gasteiger partial charge on any atom is 0.325 e. The molecule has 0 radical (unpaired) electrons. The van der Waals surface area contributed by atoms with E-state index in [0.29, 0.717) is 11.4 Å². The van der Waals surface area contributed by atoms with Gasteiger partial charge in [-0.05, 0) is 17.7 Å². The average Bonchev–Trinajstić information content (AvgIpc) is 3.52. The lowest BCUT2D eigenvalue weighted by Gasteiger charge is -2.31. The minimum atomic E-state index is -1.62. The number of nitrogens with one attached hydrogen (secondary N) is 1. The van der Waals surface area contributed by atoms with Crippen LogP contribution in [0.5, 0.6) is 0 Å². The smallest absolute Gasteiger partial charge is 0.325 e. The molecular formula is C24H22N4O4S. The molecule has 2 saturated heterocycles. The molecule has 0 saturated carbocycles. The van der Waals surface area contributed by atoms with Crippen molar-refractivity contribution in [3.8, 4) is 0 Å². The fourth-order valence-corrected chi connectivity index (χ4v) is 5.74. The van der Waals surface area contributed by atoms with E-state index in [2.05, 4.69) is 15.3 Å². The minimum Gasteiger partial charge on any atom is -0.480 e. The zero-order valence-corrected chi connectivity index (χ0v) is 18.4. The van der Waals surface area contributed by atoms with Crippen LogP contribution in [0.2, 0.25) is 0 Å². The lowest BCUT2D eigenvalue weighted by Crippen LogP contribution is -2.57. The molecule has 2 N–H and O–H groups in total. The van der Waals surface area contributed by atoms with E-state index < -0.39 is 35.3 Å². The van der Waals surface area contributed by atoms with Crippen molar-refractivity contribution >= 4 is 29.1 Å². The van der Waals surface area contributed by atoms with Crippen LogP contribution < -0.4 is 5.32 Å². The second-order valence-electron chi connectivity index (χ2n) is 8.33. The largest absolute Gasteiger partial charge is 0.480 e. The van der Waals surface area contributed by atoms with Crippen LogP contribution in [0.25, 0.3) is 0 Å². The van der Waals surface area contributed by atoms with E-state index in [9.17, 15) is 19.5 Å². The Morgan fingerprint density at radius 1 is 1.06 bits per heavy atom. The van der Waals surface area contributed by atoms with Gasteiger partial charge in [0, 0.05) is 42.9 Å². The van der Waals surface area contributed by atoms with Gasteiger partial charge in [-0.25, -0.2) is 4.98 Å². The van der Waals surface area contributed by atoms with Crippen LogP contribution in [-0.2, 0) is 27.2 Å². The van der Waals surface area contributed by atoms with Crippen molar-refractivity contribution in [2.24, 2.45) is 11.8 Å². The molecule has 5 rings (SSSR count). The minimum absolute atomic E-state index is 0.0827. The molecule has 33 heavy (non-hydrogen) atoms. The third-order valence-corrected chi connectivity index (χ3v) is 7.35. The standard InChI is InChI=1S/C24H22N4O4S/c29-21-17-18(22(30)28(21)12-9-16-8-4-5-10-25-16)24(23(31)32,14-15-6-2-1-3-7-15)27-19(17)20-26-11-13-33-20/h1-8,10-11,13,17-19,27H,9,12,14H2,(H,31,32). The molecular weight excluding hydrogens is 440 g/mol. The summed E-state index contributed by atoms with van der Waals surface area (Å²) in [6.45, 7) is 0.160. The molecule has 2 aliphatic heterocycles. The van der Waals surface area contributed by atoms with Crippen LogP contribution in [0.3, 0.4) is 0 Å². The molecule has 8 nitrogen and oxygen atoms in total. The van der Waals surface area contributed by atoms with Gasteiger partial charge in [-0.1, -0.05) is 36.4 Å². The molecule has 168 valence electrons. The third-order valence-electron chi connectivity index (χ3n) is 6.49. The van der Waals surface area contributed by atoms with Crippen molar-refractivity contribution in [3.05, 3.63) is 82.6 Å². The summed E-state index contributed by atoms with van der Waals surface area (Å²) in [6.07, 6.45) is 3.77. The summed E-state index contributed by atoms with van der Waals surface area (Å²) in [5.41, 5.74) is -0.0776. The number of thiazole rings is 1. The van der Waals surface area contributed by atoms with E-state index in [1.165, 1.54) is 16.2 Å². The number of fused-ring (bicyclic) bond motifs is 1. The number of aliphatic carboxylic acids is 1. The van der Waals surface area contributed by atoms with Gasteiger partial charge in [0.05, 0.1) is 17.9 Å². The van der Waals surface area contributed by atoms with Crippen LogP contribution in [0.4, 0.5) is 0 Å². The molecule has 4 heterocycles. The van der Waals surface area contributed by atoms with Crippen LogP contribution >= 0.6 is 11.3 Å². The normalized spacial score (nSPS) is 26.5. The zero-order chi connectivity index (χ0) is 23.0. The summed E-state index contributed by atoms with van der Waals surface area (Å²) in [7, 11) is 0. The molecule has 4 unspecified atom stereocenters. The van der Waals surface area contributed by atoms with Crippen molar-refractivity contribution in [2.45, 2.75) is 24.4 Å². The highest BCUT2D eigenvalue weighted by molar-refractivity contribution is 7.09. The lowest BCUT2D eigenvalue weighted by molar-refractivity contribution is -0.151. The zero-order valence-electron chi connectivity index (χ0n) is 17.6. The Hall–Kier alpha value is -3.43. The first-order valence-corrected chi connectivity index (χ1v) is 11.6. The predicted octanol–water partition coefficient (Wildman–Crippen LogP) is 2.09. The number of carbonyl (C=O) groups excluding carboxylic acids is 2. The first kappa shape index (κ1) is 21.4. The van der Waals surface area contributed by atoms with Crippen molar-refractivity contribution in [1.82, 2.24) is 20.2 Å². The first-order valence-electron chi connectivity index (χ1n) is 10.7. The Balaban J connectivity index is 1.53. The van der Waals surface area contributed by atoms with Crippen LogP contribution in [-0.4, -0.2) is 49.8 Å². The van der Waals surface area contributed by atoms with Gasteiger partial charge in [0.1, 0.15) is 10.5 Å². The van der Waals surface area contributed by atoms with E-state index in [1.54, 1.807) is 23.8 Å². The number of hydrogen-bond donors (Lipinski definition) is 2. The third kappa shape index (κ3) is 3.63. The number of pyridine rings is 1. The number of carboxylic acid groups (broad SMARTS) is 1. The number of imide groups is 1. The van der Waals surface area contributed by atoms with E-state index in [4.69, 9.17) is 0 Å². The van der Waals surface area contributed by atoms with Gasteiger partial charge in [0.2, 0.25) is 11.8 Å². The van der Waals surface area contributed by atoms with E-state index in [1.807, 2.05) is 42.5 Å².